The molecule has 0 unspecified atom stereocenters. The molecule has 0 aliphatic carbocycles. The van der Waals surface area contributed by atoms with Gasteiger partial charge < -0.3 is 14.5 Å². The number of nitrogens with zero attached hydrogens (tertiary/aromatic N) is 4. The number of carbonyl (C=O) groups excluding carboxylic acids is 1. The second-order valence-corrected chi connectivity index (χ2v) is 6.05. The lowest BCUT2D eigenvalue weighted by molar-refractivity contribution is -0.140. The number of carbonyl (C=O) groups is 1. The zero-order valence-corrected chi connectivity index (χ0v) is 12.6. The largest absolute Gasteiger partial charge is 0.378 e. The third-order valence-corrected chi connectivity index (χ3v) is 4.53. The highest BCUT2D eigenvalue weighted by Gasteiger charge is 2.37. The van der Waals surface area contributed by atoms with Gasteiger partial charge in [0.25, 0.3) is 0 Å². The van der Waals surface area contributed by atoms with Crippen molar-refractivity contribution in [3.63, 3.8) is 0 Å². The number of amides is 1. The molecule has 0 radical (unpaired) electrons. The van der Waals surface area contributed by atoms with Crippen molar-refractivity contribution in [3.8, 4) is 0 Å². The van der Waals surface area contributed by atoms with Crippen LogP contribution in [0.5, 0.6) is 0 Å². The number of hydrogen-bond donors (Lipinski definition) is 0. The van der Waals surface area contributed by atoms with E-state index in [1.54, 1.807) is 6.20 Å². The monoisotopic (exact) mass is 292 g/mol. The molecule has 0 saturated carbocycles. The highest BCUT2D eigenvalue weighted by atomic mass is 16.5. The quantitative estimate of drug-likeness (QED) is 0.801. The second-order valence-electron chi connectivity index (χ2n) is 6.05. The molecule has 6 heteroatoms. The summed E-state index contributed by atoms with van der Waals surface area (Å²) in [5, 5.41) is 4.22. The number of hydrogen-bond acceptors (Lipinski definition) is 4. The maximum Gasteiger partial charge on any atom is 0.227 e. The van der Waals surface area contributed by atoms with Crippen LogP contribution in [0.1, 0.15) is 6.92 Å². The Kier molecular flexibility index (Phi) is 4.55. The van der Waals surface area contributed by atoms with Gasteiger partial charge in [-0.25, -0.2) is 0 Å². The fraction of sp³-hybridized carbons (Fsp3) is 0.733. The Labute approximate surface area is 125 Å². The van der Waals surface area contributed by atoms with Crippen LogP contribution in [0, 0.1) is 11.8 Å². The first kappa shape index (κ1) is 14.5. The van der Waals surface area contributed by atoms with Gasteiger partial charge >= 0.3 is 0 Å². The van der Waals surface area contributed by atoms with Gasteiger partial charge in [0, 0.05) is 45.1 Å². The van der Waals surface area contributed by atoms with Crippen molar-refractivity contribution < 1.29 is 9.53 Å². The molecular weight excluding hydrogens is 268 g/mol. The molecule has 0 bridgehead atoms. The van der Waals surface area contributed by atoms with Crippen molar-refractivity contribution in [2.45, 2.75) is 13.5 Å². The molecule has 2 aliphatic rings. The number of likely N-dealkylation sites (tertiary alicyclic amines) is 1. The summed E-state index contributed by atoms with van der Waals surface area (Å²) >= 11 is 0. The normalized spacial score (nSPS) is 27.2. The molecule has 6 nitrogen and oxygen atoms in total. The van der Waals surface area contributed by atoms with Crippen molar-refractivity contribution in [1.82, 2.24) is 19.6 Å². The summed E-state index contributed by atoms with van der Waals surface area (Å²) in [6.45, 7) is 8.76. The fourth-order valence-electron chi connectivity index (χ4n) is 3.27. The maximum atomic E-state index is 12.6. The summed E-state index contributed by atoms with van der Waals surface area (Å²) in [4.78, 5) is 17.0. The van der Waals surface area contributed by atoms with Crippen LogP contribution >= 0.6 is 0 Å². The zero-order valence-electron chi connectivity index (χ0n) is 12.6. The zero-order chi connectivity index (χ0) is 14.7. The minimum absolute atomic E-state index is 0.140. The molecule has 1 amide bonds. The maximum absolute atomic E-state index is 12.6. The third-order valence-electron chi connectivity index (χ3n) is 4.53. The Hall–Kier alpha value is -1.40. The molecule has 3 rings (SSSR count). The first-order valence-corrected chi connectivity index (χ1v) is 7.80. The molecule has 0 aromatic carbocycles. The summed E-state index contributed by atoms with van der Waals surface area (Å²) in [5.41, 5.74) is 0. The van der Waals surface area contributed by atoms with Crippen LogP contribution in [0.25, 0.3) is 0 Å². The smallest absolute Gasteiger partial charge is 0.227 e. The van der Waals surface area contributed by atoms with E-state index < -0.39 is 0 Å². The van der Waals surface area contributed by atoms with Crippen LogP contribution < -0.4 is 0 Å². The Morgan fingerprint density at radius 3 is 2.81 bits per heavy atom. The first-order chi connectivity index (χ1) is 10.2. The molecule has 1 aromatic rings. The highest BCUT2D eigenvalue weighted by Crippen LogP contribution is 2.25. The average Bonchev–Trinajstić information content (AvgIpc) is 3.15. The van der Waals surface area contributed by atoms with Crippen molar-refractivity contribution in [1.29, 1.82) is 0 Å². The van der Waals surface area contributed by atoms with Gasteiger partial charge in [-0.3, -0.25) is 9.48 Å². The Morgan fingerprint density at radius 1 is 1.29 bits per heavy atom. The average molecular weight is 292 g/mol. The van der Waals surface area contributed by atoms with Gasteiger partial charge in [-0.05, 0) is 12.0 Å². The van der Waals surface area contributed by atoms with Gasteiger partial charge in [0.05, 0.1) is 25.7 Å². The van der Waals surface area contributed by atoms with Crippen LogP contribution in [-0.2, 0) is 16.1 Å². The molecule has 0 spiro atoms. The van der Waals surface area contributed by atoms with E-state index in [1.807, 2.05) is 21.8 Å². The minimum atomic E-state index is 0.140. The Morgan fingerprint density at radius 2 is 2.10 bits per heavy atom. The molecule has 2 atom stereocenters. The van der Waals surface area contributed by atoms with Crippen LogP contribution in [0.3, 0.4) is 0 Å². The molecule has 21 heavy (non-hydrogen) atoms. The van der Waals surface area contributed by atoms with Crippen LogP contribution in [0.15, 0.2) is 18.5 Å². The molecule has 116 valence electrons. The predicted molar refractivity (Wildman–Crippen MR) is 78.7 cm³/mol. The van der Waals surface area contributed by atoms with Gasteiger partial charge in [-0.2, -0.15) is 5.10 Å². The lowest BCUT2D eigenvalue weighted by Gasteiger charge is -2.30. The van der Waals surface area contributed by atoms with E-state index in [4.69, 9.17) is 4.74 Å². The van der Waals surface area contributed by atoms with Crippen LogP contribution in [0.4, 0.5) is 0 Å². The topological polar surface area (TPSA) is 50.6 Å². The van der Waals surface area contributed by atoms with Crippen molar-refractivity contribution in [2.75, 3.05) is 45.9 Å². The van der Waals surface area contributed by atoms with Crippen molar-refractivity contribution >= 4 is 5.91 Å². The van der Waals surface area contributed by atoms with E-state index >= 15 is 0 Å². The Bertz CT molecular complexity index is 456. The van der Waals surface area contributed by atoms with E-state index in [9.17, 15) is 4.79 Å². The summed E-state index contributed by atoms with van der Waals surface area (Å²) in [5.74, 6) is 0.881. The van der Waals surface area contributed by atoms with Crippen molar-refractivity contribution in [2.24, 2.45) is 11.8 Å². The van der Waals surface area contributed by atoms with E-state index in [0.29, 0.717) is 25.0 Å². The lowest BCUT2D eigenvalue weighted by atomic mass is 9.96. The van der Waals surface area contributed by atoms with Gasteiger partial charge in [0.2, 0.25) is 5.91 Å². The summed E-state index contributed by atoms with van der Waals surface area (Å²) in [7, 11) is 0. The third kappa shape index (κ3) is 3.44. The standard InChI is InChI=1S/C15H24N4O2/c1-13-11-17(5-6-19-4-2-3-16-19)12-14(13)15(20)18-7-9-21-10-8-18/h2-4,13-14H,5-12H2,1H3/t13-,14-/m1/s1. The predicted octanol–water partition coefficient (Wildman–Crippen LogP) is 0.310. The molecule has 2 saturated heterocycles. The summed E-state index contributed by atoms with van der Waals surface area (Å²) < 4.78 is 7.27. The number of ether oxygens (including phenoxy) is 1. The summed E-state index contributed by atoms with van der Waals surface area (Å²) in [6, 6.07) is 1.94. The van der Waals surface area contributed by atoms with Gasteiger partial charge in [-0.15, -0.1) is 0 Å². The fourth-order valence-corrected chi connectivity index (χ4v) is 3.27. The number of rotatable bonds is 4. The molecule has 0 N–H and O–H groups in total. The van der Waals surface area contributed by atoms with E-state index in [-0.39, 0.29) is 5.92 Å². The highest BCUT2D eigenvalue weighted by molar-refractivity contribution is 5.79. The van der Waals surface area contributed by atoms with Crippen LogP contribution in [-0.4, -0.2) is 71.4 Å². The molecular formula is C15H24N4O2. The Balaban J connectivity index is 1.51. The molecule has 2 aliphatic heterocycles. The molecule has 1 aromatic heterocycles. The van der Waals surface area contributed by atoms with Gasteiger partial charge in [-0.1, -0.05) is 6.92 Å². The van der Waals surface area contributed by atoms with E-state index in [1.165, 1.54) is 0 Å². The number of morpholine rings is 1. The molecule has 3 heterocycles. The SMILES string of the molecule is C[C@@H]1CN(CCn2cccn2)C[C@H]1C(=O)N1CCOCC1. The van der Waals surface area contributed by atoms with Crippen molar-refractivity contribution in [3.05, 3.63) is 18.5 Å². The lowest BCUT2D eigenvalue weighted by Crippen LogP contribution is -2.45. The van der Waals surface area contributed by atoms with Gasteiger partial charge in [0.1, 0.15) is 0 Å². The van der Waals surface area contributed by atoms with E-state index in [0.717, 1.165) is 39.3 Å². The molecule has 2 fully saturated rings. The van der Waals surface area contributed by atoms with E-state index in [2.05, 4.69) is 16.9 Å². The summed E-state index contributed by atoms with van der Waals surface area (Å²) in [6.07, 6.45) is 3.78. The van der Waals surface area contributed by atoms with Crippen LogP contribution in [0.2, 0.25) is 0 Å². The van der Waals surface area contributed by atoms with Gasteiger partial charge in [0.15, 0.2) is 0 Å². The minimum Gasteiger partial charge on any atom is -0.378 e. The second kappa shape index (κ2) is 6.58. The first-order valence-electron chi connectivity index (χ1n) is 7.80. The number of aromatic nitrogens is 2.